The van der Waals surface area contributed by atoms with Crippen molar-refractivity contribution in [3.8, 4) is 0 Å². The van der Waals surface area contributed by atoms with Gasteiger partial charge in [0.1, 0.15) is 6.61 Å². The maximum Gasteiger partial charge on any atom is 0.472 e. The molecule has 95 heavy (non-hydrogen) atoms. The molecule has 0 saturated carbocycles. The number of hydrogen-bond donors (Lipinski definition) is 2. The number of nitrogens with two attached hydrogens (primary N) is 1. The first-order chi connectivity index (χ1) is 46.8. The zero-order chi connectivity index (χ0) is 68.6. The van der Waals surface area contributed by atoms with E-state index >= 15 is 0 Å². The lowest BCUT2D eigenvalue weighted by Crippen LogP contribution is -2.29. The SMILES string of the molecule is CCCCCCCCCC/C=C\CCCCCCCCCCCCCCCCCCCCCCCCCCCCCCCC(=O)OC(COC(=O)CCCCCCCCCCCCCCCCCCCCCCCCCCCCCCCCCCC)COP(=O)(O)OCCN. The summed E-state index contributed by atoms with van der Waals surface area (Å²) in [4.78, 5) is 35.5. The molecule has 0 heterocycles. The third-order valence-corrected chi connectivity index (χ3v) is 21.1. The Labute approximate surface area is 593 Å². The normalized spacial score (nSPS) is 12.8. The van der Waals surface area contributed by atoms with E-state index in [0.29, 0.717) is 12.8 Å². The summed E-state index contributed by atoms with van der Waals surface area (Å²) in [6.07, 6.45) is 103. The highest BCUT2D eigenvalue weighted by Gasteiger charge is 2.26. The number of carbonyl (C=O) groups is 2. The highest BCUT2D eigenvalue weighted by atomic mass is 31.2. The first-order valence-electron chi connectivity index (χ1n) is 43.2. The van der Waals surface area contributed by atoms with Gasteiger partial charge in [0.05, 0.1) is 13.2 Å². The van der Waals surface area contributed by atoms with E-state index in [-0.39, 0.29) is 32.1 Å². The van der Waals surface area contributed by atoms with E-state index in [1.165, 1.54) is 424 Å². The highest BCUT2D eigenvalue weighted by molar-refractivity contribution is 7.47. The first kappa shape index (κ1) is 93.8. The van der Waals surface area contributed by atoms with Crippen LogP contribution in [0.5, 0.6) is 0 Å². The standard InChI is InChI=1S/C85H168NO8P/c1-3-5-7-9-11-13-15-17-19-21-23-25-27-29-31-33-35-37-38-39-40-41-42-43-44-46-48-50-52-54-56-58-60-62-64-66-68-70-72-74-76-78-85(88)94-83(82-93-95(89,90)92-80-79-86)81-91-84(87)77-75-73-71-69-67-65-63-61-59-57-55-53-51-49-47-45-36-34-32-30-28-26-24-22-20-18-16-14-12-10-8-6-4-2/h21,23,83H,3-20,22,24-82,86H2,1-2H3,(H,89,90)/b23-21-. The first-order valence-corrected chi connectivity index (χ1v) is 44.7. The van der Waals surface area contributed by atoms with Crippen LogP contribution in [0.4, 0.5) is 0 Å². The van der Waals surface area contributed by atoms with Crippen molar-refractivity contribution in [1.29, 1.82) is 0 Å². The fourth-order valence-electron chi connectivity index (χ4n) is 13.8. The molecule has 0 fully saturated rings. The predicted molar refractivity (Wildman–Crippen MR) is 414 cm³/mol. The third-order valence-electron chi connectivity index (χ3n) is 20.2. The van der Waals surface area contributed by atoms with Gasteiger partial charge >= 0.3 is 19.8 Å². The second kappa shape index (κ2) is 81.7. The van der Waals surface area contributed by atoms with Crippen molar-refractivity contribution in [2.24, 2.45) is 5.73 Å². The maximum absolute atomic E-state index is 12.8. The topological polar surface area (TPSA) is 134 Å². The van der Waals surface area contributed by atoms with Gasteiger partial charge < -0.3 is 20.1 Å². The fourth-order valence-corrected chi connectivity index (χ4v) is 14.5. The number of esters is 2. The molecule has 0 aromatic rings. The van der Waals surface area contributed by atoms with Crippen molar-refractivity contribution in [1.82, 2.24) is 0 Å². The Bertz CT molecular complexity index is 1560. The molecule has 2 atom stereocenters. The molecule has 0 aliphatic carbocycles. The molecule has 0 aromatic carbocycles. The molecule has 0 bridgehead atoms. The van der Waals surface area contributed by atoms with E-state index in [0.717, 1.165) is 32.1 Å². The lowest BCUT2D eigenvalue weighted by molar-refractivity contribution is -0.161. The van der Waals surface area contributed by atoms with Crippen LogP contribution in [0.15, 0.2) is 12.2 Å². The fraction of sp³-hybridized carbons (Fsp3) is 0.953. The summed E-state index contributed by atoms with van der Waals surface area (Å²) >= 11 is 0. The Morgan fingerprint density at radius 1 is 0.305 bits per heavy atom. The molecule has 0 aliphatic rings. The van der Waals surface area contributed by atoms with Gasteiger partial charge in [-0.05, 0) is 38.5 Å². The van der Waals surface area contributed by atoms with E-state index in [9.17, 15) is 19.0 Å². The van der Waals surface area contributed by atoms with Crippen LogP contribution in [0.3, 0.4) is 0 Å². The van der Waals surface area contributed by atoms with Crippen molar-refractivity contribution in [2.45, 2.75) is 495 Å². The van der Waals surface area contributed by atoms with Crippen LogP contribution in [-0.2, 0) is 32.7 Å². The number of rotatable bonds is 84. The Hall–Kier alpha value is -1.25. The van der Waals surface area contributed by atoms with Crippen LogP contribution >= 0.6 is 7.82 Å². The molecule has 0 aromatic heterocycles. The molecule has 0 rings (SSSR count). The Balaban J connectivity index is 3.69. The van der Waals surface area contributed by atoms with Gasteiger partial charge in [0.2, 0.25) is 0 Å². The molecule has 2 unspecified atom stereocenters. The molecular formula is C85H168NO8P. The van der Waals surface area contributed by atoms with Gasteiger partial charge in [0, 0.05) is 19.4 Å². The van der Waals surface area contributed by atoms with Gasteiger partial charge in [-0.3, -0.25) is 18.6 Å². The Kier molecular flexibility index (Phi) is 80.6. The predicted octanol–water partition coefficient (Wildman–Crippen LogP) is 29.0. The summed E-state index contributed by atoms with van der Waals surface area (Å²) < 4.78 is 33.3. The number of unbranched alkanes of at least 4 members (excludes halogenated alkanes) is 69. The molecule has 0 radical (unpaired) electrons. The number of allylic oxidation sites excluding steroid dienone is 2. The van der Waals surface area contributed by atoms with Crippen molar-refractivity contribution in [3.05, 3.63) is 12.2 Å². The van der Waals surface area contributed by atoms with Gasteiger partial charge in [-0.15, -0.1) is 0 Å². The minimum atomic E-state index is -4.39. The number of phosphoric ester groups is 1. The molecule has 10 heteroatoms. The lowest BCUT2D eigenvalue weighted by atomic mass is 10.0. The molecule has 0 saturated heterocycles. The van der Waals surface area contributed by atoms with Crippen molar-refractivity contribution < 1.29 is 37.6 Å². The second-order valence-corrected chi connectivity index (χ2v) is 31.2. The summed E-state index contributed by atoms with van der Waals surface area (Å²) in [6.45, 7) is 3.85. The zero-order valence-electron chi connectivity index (χ0n) is 64.2. The third kappa shape index (κ3) is 81.6. The molecule has 566 valence electrons. The van der Waals surface area contributed by atoms with Crippen LogP contribution in [0.25, 0.3) is 0 Å². The van der Waals surface area contributed by atoms with Crippen LogP contribution in [0.2, 0.25) is 0 Å². The van der Waals surface area contributed by atoms with Gasteiger partial charge in [-0.2, -0.15) is 0 Å². The largest absolute Gasteiger partial charge is 0.472 e. The van der Waals surface area contributed by atoms with E-state index in [4.69, 9.17) is 24.3 Å². The second-order valence-electron chi connectivity index (χ2n) is 29.8. The lowest BCUT2D eigenvalue weighted by Gasteiger charge is -2.19. The van der Waals surface area contributed by atoms with Crippen molar-refractivity contribution in [2.75, 3.05) is 26.4 Å². The summed E-state index contributed by atoms with van der Waals surface area (Å²) in [5.74, 6) is -0.794. The molecular weight excluding hydrogens is 1190 g/mol. The minimum absolute atomic E-state index is 0.0584. The minimum Gasteiger partial charge on any atom is -0.462 e. The molecule has 9 nitrogen and oxygen atoms in total. The average Bonchev–Trinajstić information content (AvgIpc) is 2.75. The zero-order valence-corrected chi connectivity index (χ0v) is 65.1. The Morgan fingerprint density at radius 3 is 0.747 bits per heavy atom. The summed E-state index contributed by atoms with van der Waals surface area (Å²) in [7, 11) is -4.39. The van der Waals surface area contributed by atoms with Gasteiger partial charge in [-0.1, -0.05) is 450 Å². The van der Waals surface area contributed by atoms with Crippen LogP contribution in [0.1, 0.15) is 489 Å². The van der Waals surface area contributed by atoms with E-state index < -0.39 is 26.5 Å². The quantitative estimate of drug-likeness (QED) is 0.0264. The average molecular weight is 1360 g/mol. The van der Waals surface area contributed by atoms with Crippen LogP contribution in [-0.4, -0.2) is 49.3 Å². The highest BCUT2D eigenvalue weighted by Crippen LogP contribution is 2.43. The van der Waals surface area contributed by atoms with E-state index in [1.54, 1.807) is 0 Å². The number of hydrogen-bond acceptors (Lipinski definition) is 8. The van der Waals surface area contributed by atoms with Gasteiger partial charge in [-0.25, -0.2) is 4.57 Å². The van der Waals surface area contributed by atoms with E-state index in [2.05, 4.69) is 26.0 Å². The molecule has 0 aliphatic heterocycles. The molecule has 3 N–H and O–H groups in total. The van der Waals surface area contributed by atoms with Crippen molar-refractivity contribution >= 4 is 19.8 Å². The van der Waals surface area contributed by atoms with Crippen LogP contribution in [0, 0.1) is 0 Å². The molecule has 0 amide bonds. The summed E-state index contributed by atoms with van der Waals surface area (Å²) in [6, 6.07) is 0. The van der Waals surface area contributed by atoms with E-state index in [1.807, 2.05) is 0 Å². The van der Waals surface area contributed by atoms with Gasteiger partial charge in [0.15, 0.2) is 6.10 Å². The number of phosphoric acid groups is 1. The van der Waals surface area contributed by atoms with Gasteiger partial charge in [0.25, 0.3) is 0 Å². The molecule has 0 spiro atoms. The summed E-state index contributed by atoms with van der Waals surface area (Å²) in [5.41, 5.74) is 5.42. The van der Waals surface area contributed by atoms with Crippen LogP contribution < -0.4 is 5.73 Å². The Morgan fingerprint density at radius 2 is 0.516 bits per heavy atom. The number of carbonyl (C=O) groups excluding carboxylic acids is 2. The smallest absolute Gasteiger partial charge is 0.462 e. The van der Waals surface area contributed by atoms with Crippen molar-refractivity contribution in [3.63, 3.8) is 0 Å². The summed E-state index contributed by atoms with van der Waals surface area (Å²) in [5, 5.41) is 0. The maximum atomic E-state index is 12.8. The monoisotopic (exact) mass is 1360 g/mol. The number of ether oxygens (including phenoxy) is 2.